The number of halogens is 1. The lowest BCUT2D eigenvalue weighted by molar-refractivity contribution is -0.131. The fourth-order valence-electron chi connectivity index (χ4n) is 2.71. The van der Waals surface area contributed by atoms with Crippen molar-refractivity contribution in [2.24, 2.45) is 5.92 Å². The lowest BCUT2D eigenvalue weighted by Crippen LogP contribution is -2.44. The van der Waals surface area contributed by atoms with Crippen LogP contribution in [0.3, 0.4) is 0 Å². The highest BCUT2D eigenvalue weighted by Gasteiger charge is 2.32. The summed E-state index contributed by atoms with van der Waals surface area (Å²) >= 11 is 0. The normalized spacial score (nSPS) is 17.0. The van der Waals surface area contributed by atoms with Crippen LogP contribution in [0.2, 0.25) is 0 Å². The van der Waals surface area contributed by atoms with E-state index in [1.54, 1.807) is 0 Å². The van der Waals surface area contributed by atoms with E-state index in [4.69, 9.17) is 9.47 Å². The van der Waals surface area contributed by atoms with Crippen molar-refractivity contribution >= 4 is 15.9 Å². The number of methoxy groups -OCH3 is 2. The highest BCUT2D eigenvalue weighted by atomic mass is 32.2. The SMILES string of the molecule is COC(CNC(=O)C1CCN(S(=O)(=O)c2ccc(F)cc2)CC1)OC. The van der Waals surface area contributed by atoms with E-state index in [9.17, 15) is 17.6 Å². The quantitative estimate of drug-likeness (QED) is 0.719. The molecule has 0 aliphatic carbocycles. The maximum absolute atomic E-state index is 13.0. The Morgan fingerprint density at radius 3 is 2.32 bits per heavy atom. The molecule has 0 saturated carbocycles. The van der Waals surface area contributed by atoms with Crippen LogP contribution in [0.15, 0.2) is 29.2 Å². The number of amides is 1. The minimum Gasteiger partial charge on any atom is -0.354 e. The van der Waals surface area contributed by atoms with Crippen molar-refractivity contribution in [3.8, 4) is 0 Å². The highest BCUT2D eigenvalue weighted by Crippen LogP contribution is 2.24. The van der Waals surface area contributed by atoms with Gasteiger partial charge in [-0.1, -0.05) is 0 Å². The monoisotopic (exact) mass is 374 g/mol. The van der Waals surface area contributed by atoms with Gasteiger partial charge >= 0.3 is 0 Å². The van der Waals surface area contributed by atoms with E-state index in [-0.39, 0.29) is 36.4 Å². The molecule has 0 aromatic heterocycles. The van der Waals surface area contributed by atoms with Crippen molar-refractivity contribution in [3.63, 3.8) is 0 Å². The van der Waals surface area contributed by atoms with Crippen LogP contribution in [0, 0.1) is 11.7 Å². The molecule has 1 N–H and O–H groups in total. The zero-order chi connectivity index (χ0) is 18.4. The number of hydrogen-bond acceptors (Lipinski definition) is 5. The predicted octanol–water partition coefficient (Wildman–Crippen LogP) is 0.962. The average molecular weight is 374 g/mol. The second-order valence-corrected chi connectivity index (χ2v) is 7.72. The highest BCUT2D eigenvalue weighted by molar-refractivity contribution is 7.89. The van der Waals surface area contributed by atoms with Crippen LogP contribution in [0.5, 0.6) is 0 Å². The Morgan fingerprint density at radius 1 is 1.24 bits per heavy atom. The van der Waals surface area contributed by atoms with E-state index in [1.807, 2.05) is 0 Å². The molecule has 1 amide bonds. The first-order chi connectivity index (χ1) is 11.9. The van der Waals surface area contributed by atoms with E-state index in [0.717, 1.165) is 12.1 Å². The largest absolute Gasteiger partial charge is 0.354 e. The molecule has 140 valence electrons. The predicted molar refractivity (Wildman–Crippen MR) is 88.7 cm³/mol. The lowest BCUT2D eigenvalue weighted by Gasteiger charge is -2.30. The number of hydrogen-bond donors (Lipinski definition) is 1. The van der Waals surface area contributed by atoms with Crippen molar-refractivity contribution in [2.75, 3.05) is 33.9 Å². The van der Waals surface area contributed by atoms with Crippen molar-refractivity contribution < 1.29 is 27.1 Å². The molecule has 0 bridgehead atoms. The summed E-state index contributed by atoms with van der Waals surface area (Å²) in [6.07, 6.45) is 0.344. The van der Waals surface area contributed by atoms with Crippen molar-refractivity contribution in [1.29, 1.82) is 0 Å². The number of carbonyl (C=O) groups excluding carboxylic acids is 1. The molecule has 0 atom stereocenters. The molecule has 7 nitrogen and oxygen atoms in total. The number of ether oxygens (including phenoxy) is 2. The third kappa shape index (κ3) is 4.97. The summed E-state index contributed by atoms with van der Waals surface area (Å²) in [7, 11) is -0.696. The number of nitrogens with one attached hydrogen (secondary N) is 1. The van der Waals surface area contributed by atoms with Gasteiger partial charge in [0.05, 0.1) is 11.4 Å². The van der Waals surface area contributed by atoms with Crippen LogP contribution in [0.25, 0.3) is 0 Å². The molecule has 0 spiro atoms. The summed E-state index contributed by atoms with van der Waals surface area (Å²) in [4.78, 5) is 12.2. The Balaban J connectivity index is 1.90. The van der Waals surface area contributed by atoms with Gasteiger partial charge in [-0.15, -0.1) is 0 Å². The van der Waals surface area contributed by atoms with Crippen LogP contribution in [-0.4, -0.2) is 58.8 Å². The van der Waals surface area contributed by atoms with E-state index in [0.29, 0.717) is 12.8 Å². The Bertz CT molecular complexity index is 668. The first kappa shape index (κ1) is 19.8. The van der Waals surface area contributed by atoms with E-state index < -0.39 is 22.1 Å². The summed E-state index contributed by atoms with van der Waals surface area (Å²) in [5.41, 5.74) is 0. The summed E-state index contributed by atoms with van der Waals surface area (Å²) in [5.74, 6) is -0.883. The standard InChI is InChI=1S/C16H23FN2O5S/c1-23-15(24-2)11-18-16(20)12-7-9-19(10-8-12)25(21,22)14-5-3-13(17)4-6-14/h3-6,12,15H,7-11H2,1-2H3,(H,18,20). The molecule has 9 heteroatoms. The second-order valence-electron chi connectivity index (χ2n) is 5.78. The van der Waals surface area contributed by atoms with Gasteiger partial charge in [-0.3, -0.25) is 4.79 Å². The molecule has 1 aromatic rings. The van der Waals surface area contributed by atoms with Gasteiger partial charge in [0.15, 0.2) is 6.29 Å². The van der Waals surface area contributed by atoms with Gasteiger partial charge in [-0.2, -0.15) is 4.31 Å². The van der Waals surface area contributed by atoms with E-state index in [2.05, 4.69) is 5.32 Å². The van der Waals surface area contributed by atoms with Gasteiger partial charge in [0.2, 0.25) is 15.9 Å². The molecule has 0 unspecified atom stereocenters. The number of carbonyl (C=O) groups is 1. The fourth-order valence-corrected chi connectivity index (χ4v) is 4.17. The van der Waals surface area contributed by atoms with Gasteiger partial charge in [0, 0.05) is 33.2 Å². The number of piperidine rings is 1. The molecule has 1 saturated heterocycles. The van der Waals surface area contributed by atoms with Crippen LogP contribution >= 0.6 is 0 Å². The molecular formula is C16H23FN2O5S. The summed E-state index contributed by atoms with van der Waals surface area (Å²) in [6.45, 7) is 0.728. The van der Waals surface area contributed by atoms with E-state index in [1.165, 1.54) is 30.7 Å². The molecule has 2 rings (SSSR count). The number of rotatable bonds is 7. The van der Waals surface area contributed by atoms with Crippen LogP contribution in [-0.2, 0) is 24.3 Å². The molecule has 1 aliphatic rings. The topological polar surface area (TPSA) is 84.9 Å². The van der Waals surface area contributed by atoms with Crippen molar-refractivity contribution in [3.05, 3.63) is 30.1 Å². The summed E-state index contributed by atoms with van der Waals surface area (Å²) in [5, 5.41) is 2.75. The summed E-state index contributed by atoms with van der Waals surface area (Å²) < 4.78 is 49.4. The maximum Gasteiger partial charge on any atom is 0.243 e. The Morgan fingerprint density at radius 2 is 1.80 bits per heavy atom. The van der Waals surface area contributed by atoms with E-state index >= 15 is 0 Å². The van der Waals surface area contributed by atoms with Crippen LogP contribution < -0.4 is 5.32 Å². The minimum absolute atomic E-state index is 0.0554. The zero-order valence-corrected chi connectivity index (χ0v) is 15.1. The van der Waals surface area contributed by atoms with Crippen molar-refractivity contribution in [1.82, 2.24) is 9.62 Å². The minimum atomic E-state index is -3.67. The molecule has 1 fully saturated rings. The van der Waals surface area contributed by atoms with Gasteiger partial charge in [0.1, 0.15) is 5.82 Å². The number of benzene rings is 1. The molecule has 0 radical (unpaired) electrons. The van der Waals surface area contributed by atoms with Gasteiger partial charge in [-0.25, -0.2) is 12.8 Å². The van der Waals surface area contributed by atoms with Crippen LogP contribution in [0.1, 0.15) is 12.8 Å². The van der Waals surface area contributed by atoms with Gasteiger partial charge in [-0.05, 0) is 37.1 Å². The third-order valence-corrected chi connectivity index (χ3v) is 6.16. The van der Waals surface area contributed by atoms with Gasteiger partial charge < -0.3 is 14.8 Å². The molecule has 25 heavy (non-hydrogen) atoms. The van der Waals surface area contributed by atoms with Crippen molar-refractivity contribution in [2.45, 2.75) is 24.0 Å². The zero-order valence-electron chi connectivity index (χ0n) is 14.3. The lowest BCUT2D eigenvalue weighted by atomic mass is 9.97. The van der Waals surface area contributed by atoms with Crippen LogP contribution in [0.4, 0.5) is 4.39 Å². The average Bonchev–Trinajstić information content (AvgIpc) is 2.63. The fraction of sp³-hybridized carbons (Fsp3) is 0.562. The Labute approximate surface area is 147 Å². The third-order valence-electron chi connectivity index (χ3n) is 4.24. The van der Waals surface area contributed by atoms with Gasteiger partial charge in [0.25, 0.3) is 0 Å². The first-order valence-electron chi connectivity index (χ1n) is 7.97. The number of sulfonamides is 1. The second kappa shape index (κ2) is 8.70. The number of nitrogens with zero attached hydrogens (tertiary/aromatic N) is 1. The smallest absolute Gasteiger partial charge is 0.243 e. The maximum atomic E-state index is 13.0. The molecule has 1 aromatic carbocycles. The molecule has 1 aliphatic heterocycles. The molecule has 1 heterocycles. The first-order valence-corrected chi connectivity index (χ1v) is 9.41. The Kier molecular flexibility index (Phi) is 6.88. The molecular weight excluding hydrogens is 351 g/mol. The Hall–Kier alpha value is -1.55. The summed E-state index contributed by atoms with van der Waals surface area (Å²) in [6, 6.07) is 4.74.